The molecule has 0 aliphatic carbocycles. The summed E-state index contributed by atoms with van der Waals surface area (Å²) >= 11 is 0. The second kappa shape index (κ2) is 20.7. The molecule has 0 heterocycles. The van der Waals surface area contributed by atoms with Crippen LogP contribution in [0.15, 0.2) is 36.5 Å². The first-order valence-corrected chi connectivity index (χ1v) is 12.9. The number of rotatable bonds is 21. The number of carboxylic acid groups (broad SMARTS) is 1. The van der Waals surface area contributed by atoms with Gasteiger partial charge < -0.3 is 14.3 Å². The summed E-state index contributed by atoms with van der Waals surface area (Å²) in [7, 11) is 5.88. The van der Waals surface area contributed by atoms with Crippen molar-refractivity contribution >= 4 is 11.9 Å². The van der Waals surface area contributed by atoms with Crippen LogP contribution in [0.4, 0.5) is 0 Å². The molecule has 5 heteroatoms. The number of carboxylic acids is 1. The quantitative estimate of drug-likeness (QED) is 0.0874. The maximum atomic E-state index is 12.0. The van der Waals surface area contributed by atoms with E-state index in [0.717, 1.165) is 25.7 Å². The normalized spacial score (nSPS) is 13.3. The van der Waals surface area contributed by atoms with Crippen molar-refractivity contribution in [1.29, 1.82) is 0 Å². The maximum Gasteiger partial charge on any atom is 0.307 e. The number of carbonyl (C=O) groups is 2. The average molecular weight is 465 g/mol. The Morgan fingerprint density at radius 2 is 1.30 bits per heavy atom. The van der Waals surface area contributed by atoms with Gasteiger partial charge in [-0.25, -0.2) is 0 Å². The van der Waals surface area contributed by atoms with Crippen molar-refractivity contribution in [2.45, 2.75) is 103 Å². The molecule has 0 aromatic rings. The van der Waals surface area contributed by atoms with Crippen LogP contribution in [0.25, 0.3) is 0 Å². The number of quaternary nitrogens is 1. The lowest BCUT2D eigenvalue weighted by atomic mass is 10.1. The highest BCUT2D eigenvalue weighted by Crippen LogP contribution is 2.10. The summed E-state index contributed by atoms with van der Waals surface area (Å²) in [6.07, 6.45) is 26.8. The van der Waals surface area contributed by atoms with Crippen molar-refractivity contribution in [3.05, 3.63) is 36.5 Å². The summed E-state index contributed by atoms with van der Waals surface area (Å²) in [4.78, 5) is 23.0. The van der Waals surface area contributed by atoms with E-state index in [4.69, 9.17) is 9.84 Å². The van der Waals surface area contributed by atoms with Crippen molar-refractivity contribution in [1.82, 2.24) is 0 Å². The zero-order valence-corrected chi connectivity index (χ0v) is 21.8. The van der Waals surface area contributed by atoms with Crippen molar-refractivity contribution in [2.75, 3.05) is 27.7 Å². The second-order valence-corrected chi connectivity index (χ2v) is 9.86. The van der Waals surface area contributed by atoms with Crippen LogP contribution in [-0.4, -0.2) is 55.3 Å². The summed E-state index contributed by atoms with van der Waals surface area (Å²) in [5.74, 6) is -1.24. The zero-order valence-electron chi connectivity index (χ0n) is 21.8. The third-order valence-electron chi connectivity index (χ3n) is 5.17. The zero-order chi connectivity index (χ0) is 24.8. The monoisotopic (exact) mass is 464 g/mol. The molecule has 1 unspecified atom stereocenters. The van der Waals surface area contributed by atoms with Gasteiger partial charge in [0.25, 0.3) is 0 Å². The topological polar surface area (TPSA) is 63.6 Å². The molecule has 0 aromatic heterocycles. The Hall–Kier alpha value is -1.88. The van der Waals surface area contributed by atoms with Gasteiger partial charge in [0.05, 0.1) is 27.6 Å². The summed E-state index contributed by atoms with van der Waals surface area (Å²) in [5.41, 5.74) is 0. The lowest BCUT2D eigenvalue weighted by molar-refractivity contribution is -0.873. The smallest absolute Gasteiger partial charge is 0.307 e. The van der Waals surface area contributed by atoms with Crippen molar-refractivity contribution in [2.24, 2.45) is 0 Å². The number of likely N-dealkylation sites (N-methyl/N-ethyl adjacent to an activating group) is 1. The predicted molar refractivity (Wildman–Crippen MR) is 138 cm³/mol. The fourth-order valence-electron chi connectivity index (χ4n) is 3.52. The standard InChI is InChI=1S/C28H49NO4/c1-5-6-7-8-9-10-11-12-13-14-15-16-17-18-19-20-21-22-23-28(32)33-26(24-27(30)31)25-29(2,3)4/h7-8,10-11,19-20,26H,5-6,9,12-18,21-25H2,1-4H3/p+1/b8-7+,11-10+,20-19+. The number of unbranched alkanes of at least 4 members (excludes halogenated alkanes) is 8. The molecule has 0 rings (SSSR count). The van der Waals surface area contributed by atoms with Crippen molar-refractivity contribution < 1.29 is 23.9 Å². The Morgan fingerprint density at radius 1 is 0.788 bits per heavy atom. The Bertz CT molecular complexity index is 587. The number of carbonyl (C=O) groups excluding carboxylic acids is 1. The van der Waals surface area contributed by atoms with E-state index < -0.39 is 12.1 Å². The highest BCUT2D eigenvalue weighted by Gasteiger charge is 2.24. The minimum atomic E-state index is -0.938. The van der Waals surface area contributed by atoms with Crippen LogP contribution in [0.2, 0.25) is 0 Å². The SMILES string of the molecule is CCC/C=C/C/C=C/CCCCCCC/C=C/CCCC(=O)OC(CC(=O)O)C[N+](C)(C)C. The van der Waals surface area contributed by atoms with Crippen LogP contribution in [0.1, 0.15) is 96.8 Å². The van der Waals surface area contributed by atoms with Crippen LogP contribution in [0.5, 0.6) is 0 Å². The lowest BCUT2D eigenvalue weighted by Crippen LogP contribution is -2.43. The maximum absolute atomic E-state index is 12.0. The van der Waals surface area contributed by atoms with E-state index in [1.807, 2.05) is 21.1 Å². The molecule has 0 radical (unpaired) electrons. The Labute approximate surface area is 203 Å². The molecule has 1 atom stereocenters. The van der Waals surface area contributed by atoms with Crippen LogP contribution in [0, 0.1) is 0 Å². The molecule has 0 bridgehead atoms. The van der Waals surface area contributed by atoms with Gasteiger partial charge in [0.2, 0.25) is 0 Å². The molecule has 0 fully saturated rings. The summed E-state index contributed by atoms with van der Waals surface area (Å²) in [6, 6.07) is 0. The van der Waals surface area contributed by atoms with Gasteiger partial charge in [-0.1, -0.05) is 69.1 Å². The predicted octanol–water partition coefficient (Wildman–Crippen LogP) is 6.84. The minimum Gasteiger partial charge on any atom is -0.481 e. The molecule has 0 aromatic carbocycles. The highest BCUT2D eigenvalue weighted by atomic mass is 16.5. The third kappa shape index (κ3) is 24.6. The number of allylic oxidation sites excluding steroid dienone is 6. The van der Waals surface area contributed by atoms with E-state index in [9.17, 15) is 9.59 Å². The molecule has 33 heavy (non-hydrogen) atoms. The summed E-state index contributed by atoms with van der Waals surface area (Å²) in [5, 5.41) is 9.02. The van der Waals surface area contributed by atoms with E-state index in [0.29, 0.717) is 17.4 Å². The molecule has 0 amide bonds. The van der Waals surface area contributed by atoms with Crippen molar-refractivity contribution in [3.8, 4) is 0 Å². The van der Waals surface area contributed by atoms with Crippen LogP contribution in [-0.2, 0) is 14.3 Å². The number of hydrogen-bond donors (Lipinski definition) is 1. The number of hydrogen-bond acceptors (Lipinski definition) is 3. The molecule has 0 spiro atoms. The third-order valence-corrected chi connectivity index (χ3v) is 5.17. The molecule has 5 nitrogen and oxygen atoms in total. The second-order valence-electron chi connectivity index (χ2n) is 9.86. The number of nitrogens with zero attached hydrogens (tertiary/aromatic N) is 1. The fraction of sp³-hybridized carbons (Fsp3) is 0.714. The first-order valence-electron chi connectivity index (χ1n) is 12.9. The molecule has 0 saturated heterocycles. The van der Waals surface area contributed by atoms with E-state index in [1.54, 1.807) is 0 Å². The van der Waals surface area contributed by atoms with E-state index in [2.05, 4.69) is 43.4 Å². The van der Waals surface area contributed by atoms with Gasteiger partial charge in [0.15, 0.2) is 6.10 Å². The molecule has 190 valence electrons. The minimum absolute atomic E-state index is 0.144. The van der Waals surface area contributed by atoms with E-state index in [-0.39, 0.29) is 12.4 Å². The van der Waals surface area contributed by atoms with Gasteiger partial charge in [-0.05, 0) is 51.4 Å². The Morgan fingerprint density at radius 3 is 1.85 bits per heavy atom. The first-order chi connectivity index (χ1) is 15.7. The van der Waals surface area contributed by atoms with Gasteiger partial charge in [-0.2, -0.15) is 0 Å². The first kappa shape index (κ1) is 31.1. The number of ether oxygens (including phenoxy) is 1. The summed E-state index contributed by atoms with van der Waals surface area (Å²) in [6.45, 7) is 2.69. The average Bonchev–Trinajstić information content (AvgIpc) is 2.71. The Kier molecular flexibility index (Phi) is 19.5. The van der Waals surface area contributed by atoms with Gasteiger partial charge in [-0.15, -0.1) is 0 Å². The number of aliphatic carboxylic acids is 1. The fourth-order valence-corrected chi connectivity index (χ4v) is 3.52. The van der Waals surface area contributed by atoms with Gasteiger partial charge in [0, 0.05) is 6.42 Å². The molecule has 0 aliphatic heterocycles. The largest absolute Gasteiger partial charge is 0.481 e. The van der Waals surface area contributed by atoms with Crippen LogP contribution < -0.4 is 0 Å². The summed E-state index contributed by atoms with van der Waals surface area (Å²) < 4.78 is 5.96. The van der Waals surface area contributed by atoms with Crippen LogP contribution in [0.3, 0.4) is 0 Å². The molecule has 1 N–H and O–H groups in total. The lowest BCUT2D eigenvalue weighted by Gasteiger charge is -2.28. The van der Waals surface area contributed by atoms with Crippen LogP contribution >= 0.6 is 0 Å². The Balaban J connectivity index is 3.67. The van der Waals surface area contributed by atoms with Crippen molar-refractivity contribution in [3.63, 3.8) is 0 Å². The van der Waals surface area contributed by atoms with Gasteiger partial charge >= 0.3 is 11.9 Å². The van der Waals surface area contributed by atoms with Gasteiger partial charge in [-0.3, -0.25) is 9.59 Å². The van der Waals surface area contributed by atoms with Gasteiger partial charge in [0.1, 0.15) is 6.54 Å². The molecular formula is C28H50NO4+. The number of esters is 1. The highest BCUT2D eigenvalue weighted by molar-refractivity contribution is 5.71. The molecular weight excluding hydrogens is 414 g/mol. The molecule has 0 aliphatic rings. The van der Waals surface area contributed by atoms with E-state index >= 15 is 0 Å². The molecule has 0 saturated carbocycles. The van der Waals surface area contributed by atoms with E-state index in [1.165, 1.54) is 51.4 Å².